The molecule has 0 amide bonds. The fraction of sp³-hybridized carbons (Fsp3) is 0.0952. The predicted octanol–water partition coefficient (Wildman–Crippen LogP) is 2.65. The molecule has 0 aliphatic heterocycles. The van der Waals surface area contributed by atoms with E-state index in [4.69, 9.17) is 4.74 Å². The maximum atomic E-state index is 12.7. The van der Waals surface area contributed by atoms with Crippen molar-refractivity contribution in [2.45, 2.75) is 11.6 Å². The van der Waals surface area contributed by atoms with Crippen molar-refractivity contribution >= 4 is 26.6 Å². The van der Waals surface area contributed by atoms with Gasteiger partial charge in [-0.05, 0) is 48.5 Å². The van der Waals surface area contributed by atoms with Crippen LogP contribution in [-0.2, 0) is 16.8 Å². The molecule has 0 atom stereocenters. The van der Waals surface area contributed by atoms with Gasteiger partial charge in [-0.25, -0.2) is 8.42 Å². The molecule has 0 aliphatic carbocycles. The van der Waals surface area contributed by atoms with Crippen molar-refractivity contribution in [1.82, 2.24) is 15.0 Å². The summed E-state index contributed by atoms with van der Waals surface area (Å²) in [5, 5.41) is 8.34. The Balaban J connectivity index is 1.49. The second-order valence-corrected chi connectivity index (χ2v) is 8.43. The summed E-state index contributed by atoms with van der Waals surface area (Å²) in [6.45, 7) is -0.117. The standard InChI is InChI=1S/C21H18N4O4S/c1-24(30(27,28)18-7-3-2-4-8-18)16-11-13-17(14-12-16)29-15-25-21(26)19-9-5-6-10-20(19)22-23-25/h2-14H,15H2,1H3. The molecule has 0 bridgehead atoms. The van der Waals surface area contributed by atoms with Crippen LogP contribution in [0.4, 0.5) is 5.69 Å². The minimum Gasteiger partial charge on any atom is -0.471 e. The van der Waals surface area contributed by atoms with Gasteiger partial charge in [-0.2, -0.15) is 4.68 Å². The summed E-state index contributed by atoms with van der Waals surface area (Å²) in [7, 11) is -2.17. The van der Waals surface area contributed by atoms with E-state index >= 15 is 0 Å². The van der Waals surface area contributed by atoms with Crippen LogP contribution in [0, 0.1) is 0 Å². The molecular formula is C21H18N4O4S. The third-order valence-electron chi connectivity index (χ3n) is 4.58. The largest absolute Gasteiger partial charge is 0.471 e. The molecule has 0 spiro atoms. The third-order valence-corrected chi connectivity index (χ3v) is 6.38. The third kappa shape index (κ3) is 3.74. The van der Waals surface area contributed by atoms with E-state index in [2.05, 4.69) is 10.3 Å². The fourth-order valence-corrected chi connectivity index (χ4v) is 4.10. The molecule has 0 fully saturated rings. The lowest BCUT2D eigenvalue weighted by Gasteiger charge is -2.19. The van der Waals surface area contributed by atoms with Crippen LogP contribution in [0.3, 0.4) is 0 Å². The first-order valence-corrected chi connectivity index (χ1v) is 10.5. The zero-order valence-corrected chi connectivity index (χ0v) is 16.9. The van der Waals surface area contributed by atoms with E-state index in [0.29, 0.717) is 22.3 Å². The van der Waals surface area contributed by atoms with Gasteiger partial charge >= 0.3 is 0 Å². The second kappa shape index (κ2) is 7.96. The molecule has 152 valence electrons. The quantitative estimate of drug-likeness (QED) is 0.474. The lowest BCUT2D eigenvalue weighted by atomic mass is 10.2. The highest BCUT2D eigenvalue weighted by Crippen LogP contribution is 2.24. The van der Waals surface area contributed by atoms with Crippen molar-refractivity contribution in [1.29, 1.82) is 0 Å². The van der Waals surface area contributed by atoms with Crippen LogP contribution >= 0.6 is 0 Å². The van der Waals surface area contributed by atoms with Crippen LogP contribution in [-0.4, -0.2) is 30.5 Å². The predicted molar refractivity (Wildman–Crippen MR) is 113 cm³/mol. The van der Waals surface area contributed by atoms with Crippen LogP contribution in [0.25, 0.3) is 10.9 Å². The second-order valence-electron chi connectivity index (χ2n) is 6.46. The van der Waals surface area contributed by atoms with Crippen molar-refractivity contribution in [3.8, 4) is 5.75 Å². The molecule has 0 unspecified atom stereocenters. The van der Waals surface area contributed by atoms with Crippen molar-refractivity contribution < 1.29 is 13.2 Å². The summed E-state index contributed by atoms with van der Waals surface area (Å²) >= 11 is 0. The van der Waals surface area contributed by atoms with Crippen LogP contribution in [0.5, 0.6) is 5.75 Å². The topological polar surface area (TPSA) is 94.4 Å². The highest BCUT2D eigenvalue weighted by molar-refractivity contribution is 7.92. The van der Waals surface area contributed by atoms with Gasteiger partial charge in [-0.3, -0.25) is 9.10 Å². The summed E-state index contributed by atoms with van der Waals surface area (Å²) in [4.78, 5) is 12.7. The molecule has 9 heteroatoms. The zero-order chi connectivity index (χ0) is 21.1. The van der Waals surface area contributed by atoms with E-state index < -0.39 is 10.0 Å². The SMILES string of the molecule is CN(c1ccc(OCn2nnc3ccccc3c2=O)cc1)S(=O)(=O)c1ccccc1. The highest BCUT2D eigenvalue weighted by Gasteiger charge is 2.20. The van der Waals surface area contributed by atoms with E-state index in [1.54, 1.807) is 78.9 Å². The lowest BCUT2D eigenvalue weighted by Crippen LogP contribution is -2.27. The average Bonchev–Trinajstić information content (AvgIpc) is 2.79. The van der Waals surface area contributed by atoms with E-state index in [1.807, 2.05) is 0 Å². The molecule has 3 aromatic carbocycles. The first-order valence-electron chi connectivity index (χ1n) is 9.06. The number of hydrogen-bond donors (Lipinski definition) is 0. The number of anilines is 1. The van der Waals surface area contributed by atoms with E-state index in [-0.39, 0.29) is 17.2 Å². The zero-order valence-electron chi connectivity index (χ0n) is 16.0. The number of aromatic nitrogens is 3. The smallest absolute Gasteiger partial charge is 0.280 e. The first kappa shape index (κ1) is 19.6. The van der Waals surface area contributed by atoms with Crippen molar-refractivity contribution in [2.75, 3.05) is 11.4 Å². The van der Waals surface area contributed by atoms with Gasteiger partial charge in [0.25, 0.3) is 15.6 Å². The minimum atomic E-state index is -3.66. The number of sulfonamides is 1. The molecule has 30 heavy (non-hydrogen) atoms. The Bertz CT molecular complexity index is 1340. The molecule has 0 radical (unpaired) electrons. The van der Waals surface area contributed by atoms with Crippen molar-refractivity contribution in [3.05, 3.63) is 89.2 Å². The number of nitrogens with zero attached hydrogens (tertiary/aromatic N) is 4. The summed E-state index contributed by atoms with van der Waals surface area (Å²) in [5.74, 6) is 0.464. The van der Waals surface area contributed by atoms with Crippen LogP contribution in [0.1, 0.15) is 0 Å². The van der Waals surface area contributed by atoms with E-state index in [0.717, 1.165) is 4.68 Å². The van der Waals surface area contributed by atoms with Gasteiger partial charge in [0.05, 0.1) is 16.0 Å². The molecule has 0 saturated heterocycles. The van der Waals surface area contributed by atoms with E-state index in [1.165, 1.54) is 11.4 Å². The molecular weight excluding hydrogens is 404 g/mol. The van der Waals surface area contributed by atoms with Gasteiger partial charge in [0.2, 0.25) is 0 Å². The monoisotopic (exact) mass is 422 g/mol. The van der Waals surface area contributed by atoms with Crippen LogP contribution in [0.2, 0.25) is 0 Å². The number of hydrogen-bond acceptors (Lipinski definition) is 6. The van der Waals surface area contributed by atoms with Crippen molar-refractivity contribution in [2.24, 2.45) is 0 Å². The van der Waals surface area contributed by atoms with Gasteiger partial charge in [0.15, 0.2) is 6.73 Å². The Morgan fingerprint density at radius 2 is 1.60 bits per heavy atom. The van der Waals surface area contributed by atoms with Gasteiger partial charge in [-0.15, -0.1) is 5.10 Å². The maximum Gasteiger partial charge on any atom is 0.280 e. The molecule has 4 aromatic rings. The molecule has 4 rings (SSSR count). The Kier molecular flexibility index (Phi) is 5.20. The molecule has 0 saturated carbocycles. The Morgan fingerprint density at radius 3 is 2.33 bits per heavy atom. The molecule has 0 N–H and O–H groups in total. The number of rotatable bonds is 6. The van der Waals surface area contributed by atoms with Gasteiger partial charge < -0.3 is 4.74 Å². The molecule has 8 nitrogen and oxygen atoms in total. The molecule has 1 heterocycles. The fourth-order valence-electron chi connectivity index (χ4n) is 2.89. The first-order chi connectivity index (χ1) is 14.5. The number of fused-ring (bicyclic) bond motifs is 1. The summed E-state index contributed by atoms with van der Waals surface area (Å²) in [6.07, 6.45) is 0. The van der Waals surface area contributed by atoms with Crippen molar-refractivity contribution in [3.63, 3.8) is 0 Å². The van der Waals surface area contributed by atoms with Gasteiger partial charge in [0.1, 0.15) is 11.3 Å². The number of benzene rings is 3. The summed E-state index contributed by atoms with van der Waals surface area (Å²) in [6, 6.07) is 21.7. The maximum absolute atomic E-state index is 12.7. The number of ether oxygens (including phenoxy) is 1. The van der Waals surface area contributed by atoms with E-state index in [9.17, 15) is 13.2 Å². The van der Waals surface area contributed by atoms with Gasteiger partial charge in [0, 0.05) is 7.05 Å². The minimum absolute atomic E-state index is 0.117. The highest BCUT2D eigenvalue weighted by atomic mass is 32.2. The summed E-state index contributed by atoms with van der Waals surface area (Å²) in [5.41, 5.74) is 0.700. The Hall–Kier alpha value is -3.72. The normalized spacial score (nSPS) is 11.4. The Labute approximate surface area is 173 Å². The lowest BCUT2D eigenvalue weighted by molar-refractivity contribution is 0.210. The van der Waals surface area contributed by atoms with Crippen LogP contribution < -0.4 is 14.6 Å². The van der Waals surface area contributed by atoms with Crippen LogP contribution in [0.15, 0.2) is 88.6 Å². The Morgan fingerprint density at radius 1 is 0.933 bits per heavy atom. The molecule has 1 aromatic heterocycles. The van der Waals surface area contributed by atoms with Gasteiger partial charge in [-0.1, -0.05) is 35.5 Å². The molecule has 0 aliphatic rings. The summed E-state index contributed by atoms with van der Waals surface area (Å²) < 4.78 is 33.4. The average molecular weight is 422 g/mol.